The minimum absolute atomic E-state index is 0.517. The van der Waals surface area contributed by atoms with Crippen LogP contribution >= 0.6 is 11.6 Å². The van der Waals surface area contributed by atoms with E-state index in [0.29, 0.717) is 21.9 Å². The first-order valence-electron chi connectivity index (χ1n) is 7.26. The number of rotatable bonds is 7. The molecule has 0 heterocycles. The summed E-state index contributed by atoms with van der Waals surface area (Å²) in [6.45, 7) is 4.11. The average Bonchev–Trinajstić information content (AvgIpc) is 2.43. The molecule has 0 unspecified atom stereocenters. The molecule has 2 rings (SSSR count). The van der Waals surface area contributed by atoms with Crippen LogP contribution in [0.25, 0.3) is 0 Å². The second-order valence-electron chi connectivity index (χ2n) is 5.58. The van der Waals surface area contributed by atoms with Gasteiger partial charge in [0, 0.05) is 13.1 Å². The molecular formula is C16H24ClNO2. The summed E-state index contributed by atoms with van der Waals surface area (Å²) in [4.78, 5) is 0. The minimum atomic E-state index is 0.517. The van der Waals surface area contributed by atoms with Crippen LogP contribution in [0.1, 0.15) is 38.2 Å². The Labute approximate surface area is 126 Å². The van der Waals surface area contributed by atoms with Crippen molar-refractivity contribution >= 4 is 11.6 Å². The van der Waals surface area contributed by atoms with Gasteiger partial charge >= 0.3 is 0 Å². The number of hydrogen-bond acceptors (Lipinski definition) is 3. The first-order valence-corrected chi connectivity index (χ1v) is 7.63. The smallest absolute Gasteiger partial charge is 0.179 e. The fourth-order valence-corrected chi connectivity index (χ4v) is 3.16. The summed E-state index contributed by atoms with van der Waals surface area (Å²) in [5, 5.41) is 4.18. The zero-order valence-corrected chi connectivity index (χ0v) is 13.3. The number of halogens is 1. The topological polar surface area (TPSA) is 30.5 Å². The largest absolute Gasteiger partial charge is 0.493 e. The first-order chi connectivity index (χ1) is 9.65. The van der Waals surface area contributed by atoms with Crippen molar-refractivity contribution in [2.45, 2.75) is 39.2 Å². The molecule has 4 heteroatoms. The third-order valence-electron chi connectivity index (χ3n) is 4.54. The molecule has 1 saturated carbocycles. The summed E-state index contributed by atoms with van der Waals surface area (Å²) in [7, 11) is 3.23. The second-order valence-corrected chi connectivity index (χ2v) is 5.96. The second kappa shape index (κ2) is 6.68. The predicted molar refractivity (Wildman–Crippen MR) is 82.8 cm³/mol. The van der Waals surface area contributed by atoms with Crippen LogP contribution in [-0.2, 0) is 6.54 Å². The fourth-order valence-electron chi connectivity index (χ4n) is 2.86. The van der Waals surface area contributed by atoms with Gasteiger partial charge in [-0.05, 0) is 36.3 Å². The molecule has 1 aromatic carbocycles. The van der Waals surface area contributed by atoms with Crippen molar-refractivity contribution in [3.63, 3.8) is 0 Å². The lowest BCUT2D eigenvalue weighted by molar-refractivity contribution is 0.124. The maximum Gasteiger partial charge on any atom is 0.179 e. The Hall–Kier alpha value is -0.930. The van der Waals surface area contributed by atoms with Crippen molar-refractivity contribution in [2.75, 3.05) is 20.8 Å². The van der Waals surface area contributed by atoms with Crippen LogP contribution in [-0.4, -0.2) is 20.8 Å². The Kier molecular flexibility index (Phi) is 5.17. The van der Waals surface area contributed by atoms with Crippen molar-refractivity contribution in [3.8, 4) is 11.5 Å². The molecule has 0 saturated heterocycles. The summed E-state index contributed by atoms with van der Waals surface area (Å²) < 4.78 is 10.6. The molecular weight excluding hydrogens is 274 g/mol. The zero-order chi connectivity index (χ0) is 14.6. The van der Waals surface area contributed by atoms with E-state index in [-0.39, 0.29) is 0 Å². The van der Waals surface area contributed by atoms with Crippen molar-refractivity contribution in [1.29, 1.82) is 0 Å². The highest BCUT2D eigenvalue weighted by atomic mass is 35.5. The van der Waals surface area contributed by atoms with Gasteiger partial charge in [-0.1, -0.05) is 31.0 Å². The zero-order valence-electron chi connectivity index (χ0n) is 12.6. The number of benzene rings is 1. The van der Waals surface area contributed by atoms with E-state index in [4.69, 9.17) is 21.1 Å². The Morgan fingerprint density at radius 1 is 1.25 bits per heavy atom. The number of hydrogen-bond donors (Lipinski definition) is 1. The Bertz CT molecular complexity index is 453. The van der Waals surface area contributed by atoms with Crippen molar-refractivity contribution < 1.29 is 9.47 Å². The monoisotopic (exact) mass is 297 g/mol. The van der Waals surface area contributed by atoms with Crippen molar-refractivity contribution in [1.82, 2.24) is 5.32 Å². The molecule has 0 atom stereocenters. The quantitative estimate of drug-likeness (QED) is 0.824. The Morgan fingerprint density at radius 2 is 2.00 bits per heavy atom. The number of methoxy groups -OCH3 is 2. The van der Waals surface area contributed by atoms with E-state index < -0.39 is 0 Å². The third-order valence-corrected chi connectivity index (χ3v) is 4.96. The molecule has 20 heavy (non-hydrogen) atoms. The van der Waals surface area contributed by atoms with E-state index in [2.05, 4.69) is 12.2 Å². The van der Waals surface area contributed by atoms with Crippen LogP contribution in [0.15, 0.2) is 12.1 Å². The highest BCUT2D eigenvalue weighted by Crippen LogP contribution is 2.43. The summed E-state index contributed by atoms with van der Waals surface area (Å²) in [5.41, 5.74) is 1.57. The fraction of sp³-hybridized carbons (Fsp3) is 0.625. The van der Waals surface area contributed by atoms with Gasteiger partial charge < -0.3 is 14.8 Å². The van der Waals surface area contributed by atoms with Crippen LogP contribution in [0, 0.1) is 5.41 Å². The van der Waals surface area contributed by atoms with Crippen LogP contribution in [0.3, 0.4) is 0 Å². The van der Waals surface area contributed by atoms with Crippen LogP contribution in [0.5, 0.6) is 11.5 Å². The Morgan fingerprint density at radius 3 is 2.50 bits per heavy atom. The molecule has 0 spiro atoms. The lowest BCUT2D eigenvalue weighted by atomic mass is 9.67. The summed E-state index contributed by atoms with van der Waals surface area (Å²) in [6.07, 6.45) is 5.30. The molecule has 0 radical (unpaired) electrons. The maximum atomic E-state index is 6.38. The van der Waals surface area contributed by atoms with Gasteiger partial charge in [-0.3, -0.25) is 0 Å². The van der Waals surface area contributed by atoms with E-state index in [1.807, 2.05) is 12.1 Å². The molecule has 0 aromatic heterocycles. The van der Waals surface area contributed by atoms with Gasteiger partial charge in [-0.25, -0.2) is 0 Å². The van der Waals surface area contributed by atoms with E-state index in [9.17, 15) is 0 Å². The van der Waals surface area contributed by atoms with Crippen LogP contribution < -0.4 is 14.8 Å². The highest BCUT2D eigenvalue weighted by Gasteiger charge is 2.34. The SMILES string of the molecule is CCC1(CNCc2ccc(OC)c(OC)c2Cl)CCC1. The van der Waals surface area contributed by atoms with E-state index in [1.165, 1.54) is 25.7 Å². The molecule has 1 aliphatic rings. The van der Waals surface area contributed by atoms with Gasteiger partial charge in [-0.15, -0.1) is 0 Å². The average molecular weight is 298 g/mol. The molecule has 0 amide bonds. The maximum absolute atomic E-state index is 6.38. The minimum Gasteiger partial charge on any atom is -0.493 e. The van der Waals surface area contributed by atoms with Crippen LogP contribution in [0.2, 0.25) is 5.02 Å². The van der Waals surface area contributed by atoms with Crippen molar-refractivity contribution in [3.05, 3.63) is 22.7 Å². The van der Waals surface area contributed by atoms with Gasteiger partial charge in [0.1, 0.15) is 0 Å². The number of nitrogens with one attached hydrogen (secondary N) is 1. The number of ether oxygens (including phenoxy) is 2. The van der Waals surface area contributed by atoms with Crippen LogP contribution in [0.4, 0.5) is 0 Å². The molecule has 0 bridgehead atoms. The normalized spacial score (nSPS) is 16.6. The first kappa shape index (κ1) is 15.5. The van der Waals surface area contributed by atoms with E-state index in [0.717, 1.165) is 18.7 Å². The van der Waals surface area contributed by atoms with Gasteiger partial charge in [-0.2, -0.15) is 0 Å². The summed E-state index contributed by atoms with van der Waals surface area (Å²) in [5.74, 6) is 1.28. The van der Waals surface area contributed by atoms with E-state index >= 15 is 0 Å². The predicted octanol–water partition coefficient (Wildman–Crippen LogP) is 4.03. The Balaban J connectivity index is 1.99. The molecule has 3 nitrogen and oxygen atoms in total. The lowest BCUT2D eigenvalue weighted by Crippen LogP contribution is -2.39. The summed E-state index contributed by atoms with van der Waals surface area (Å²) in [6, 6.07) is 3.90. The molecule has 1 N–H and O–H groups in total. The molecule has 1 aromatic rings. The molecule has 1 fully saturated rings. The highest BCUT2D eigenvalue weighted by molar-refractivity contribution is 6.33. The molecule has 112 valence electrons. The third kappa shape index (κ3) is 3.04. The van der Waals surface area contributed by atoms with Crippen molar-refractivity contribution in [2.24, 2.45) is 5.41 Å². The lowest BCUT2D eigenvalue weighted by Gasteiger charge is -2.41. The summed E-state index contributed by atoms with van der Waals surface area (Å²) >= 11 is 6.38. The van der Waals surface area contributed by atoms with Gasteiger partial charge in [0.2, 0.25) is 0 Å². The standard InChI is InChI=1S/C16H24ClNO2/c1-4-16(8-5-9-16)11-18-10-12-6-7-13(19-2)15(20-3)14(12)17/h6-7,18H,4-5,8-11H2,1-3H3. The van der Waals surface area contributed by atoms with Gasteiger partial charge in [0.25, 0.3) is 0 Å². The molecule has 1 aliphatic carbocycles. The van der Waals surface area contributed by atoms with Gasteiger partial charge in [0.05, 0.1) is 19.2 Å². The molecule has 0 aliphatic heterocycles. The van der Waals surface area contributed by atoms with Gasteiger partial charge in [0.15, 0.2) is 11.5 Å². The van der Waals surface area contributed by atoms with E-state index in [1.54, 1.807) is 14.2 Å².